The molecule has 18 heteroatoms. The summed E-state index contributed by atoms with van der Waals surface area (Å²) in [7, 11) is 2.47. The Bertz CT molecular complexity index is 719. The first kappa shape index (κ1) is 46.7. The van der Waals surface area contributed by atoms with Crippen molar-refractivity contribution in [3.63, 3.8) is 0 Å². The lowest BCUT2D eigenvalue weighted by atomic mass is 9.92. The molecule has 51 heavy (non-hydrogen) atoms. The third-order valence-corrected chi connectivity index (χ3v) is 10.4. The van der Waals surface area contributed by atoms with E-state index < -0.39 is 20.3 Å². The van der Waals surface area contributed by atoms with Crippen LogP contribution in [0.25, 0.3) is 0 Å². The largest absolute Gasteiger partial charge is 0.501 e. The van der Waals surface area contributed by atoms with E-state index in [0.717, 1.165) is 12.5 Å². The maximum absolute atomic E-state index is 10.1. The van der Waals surface area contributed by atoms with Crippen molar-refractivity contribution in [3.05, 3.63) is 0 Å². The molecule has 0 aromatic carbocycles. The zero-order chi connectivity index (χ0) is 36.6. The molecule has 0 aromatic heterocycles. The second kappa shape index (κ2) is 31.8. The van der Waals surface area contributed by atoms with Gasteiger partial charge in [0.05, 0.1) is 170 Å². The average molecular weight is 763 g/mol. The fourth-order valence-corrected chi connectivity index (χ4v) is 7.56. The lowest BCUT2D eigenvalue weighted by Gasteiger charge is -2.33. The zero-order valence-corrected chi connectivity index (χ0v) is 32.2. The molecule has 0 radical (unpaired) electrons. The fraction of sp³-hybridized carbons (Fsp3) is 1.00. The number of hydrogen-bond acceptors (Lipinski definition) is 17. The van der Waals surface area contributed by atoms with Gasteiger partial charge in [0.25, 0.3) is 0 Å². The number of rotatable bonds is 40. The summed E-state index contributed by atoms with van der Waals surface area (Å²) in [4.78, 5) is 0. The summed E-state index contributed by atoms with van der Waals surface area (Å²) in [6, 6.07) is 0.731. The van der Waals surface area contributed by atoms with Gasteiger partial charge in [0.2, 0.25) is 0 Å². The van der Waals surface area contributed by atoms with Gasteiger partial charge < -0.3 is 80.0 Å². The molecular formula is C33H66O17Si. The van der Waals surface area contributed by atoms with Gasteiger partial charge in [0, 0.05) is 34.0 Å². The molecule has 2 bridgehead atoms. The van der Waals surface area contributed by atoms with Crippen LogP contribution in [0.1, 0.15) is 6.42 Å². The number of hydrogen-bond donors (Lipinski definition) is 1. The SMILES string of the molecule is COCCOCCOCC(COCCOCCOC)(COCCOCCOC)COCCOCCOCC(O)COCCC[Si]12OCC(CO1)O2. The molecule has 1 N–H and O–H groups in total. The standard InChI is InChI=1S/C33H66O17Si/c1-35-6-9-38-13-18-44-27-33(28-45-19-14-39-10-7-36-2,29-46-20-15-40-11-8-37-3)30-47-21-16-41-12-17-43-24-31(34)23-42-5-4-22-51-48-25-32(50-51)26-49-51/h31-32,34H,4-30H2,1-3H3. The molecule has 0 aromatic rings. The van der Waals surface area contributed by atoms with Crippen LogP contribution in [0.3, 0.4) is 0 Å². The van der Waals surface area contributed by atoms with Crippen LogP contribution in [-0.4, -0.2) is 213 Å². The van der Waals surface area contributed by atoms with Crippen LogP contribution < -0.4 is 0 Å². The summed E-state index contributed by atoms with van der Waals surface area (Å²) in [6.45, 7) is 10.4. The molecule has 304 valence electrons. The minimum Gasteiger partial charge on any atom is -0.388 e. The van der Waals surface area contributed by atoms with Crippen LogP contribution in [0.5, 0.6) is 0 Å². The molecule has 2 fully saturated rings. The highest BCUT2D eigenvalue weighted by Gasteiger charge is 2.54. The minimum atomic E-state index is -2.43. The molecule has 2 aliphatic rings. The van der Waals surface area contributed by atoms with Gasteiger partial charge >= 0.3 is 8.80 Å². The number of fused-ring (bicyclic) bond motifs is 2. The van der Waals surface area contributed by atoms with E-state index in [1.807, 2.05) is 0 Å². The second-order valence-corrected chi connectivity index (χ2v) is 14.8. The van der Waals surface area contributed by atoms with E-state index in [-0.39, 0.29) is 19.3 Å². The zero-order valence-electron chi connectivity index (χ0n) is 31.2. The highest BCUT2D eigenvalue weighted by Crippen LogP contribution is 2.32. The maximum atomic E-state index is 10.1. The summed E-state index contributed by atoms with van der Waals surface area (Å²) in [6.07, 6.45) is 0.136. The molecule has 2 rings (SSSR count). The molecule has 17 nitrogen and oxygen atoms in total. The van der Waals surface area contributed by atoms with Crippen LogP contribution in [0.15, 0.2) is 0 Å². The van der Waals surface area contributed by atoms with Crippen LogP contribution in [0, 0.1) is 5.41 Å². The Kier molecular flexibility index (Phi) is 29.2. The molecule has 2 saturated heterocycles. The van der Waals surface area contributed by atoms with E-state index in [1.54, 1.807) is 21.3 Å². The van der Waals surface area contributed by atoms with E-state index in [1.165, 1.54) is 0 Å². The van der Waals surface area contributed by atoms with Crippen LogP contribution in [0.4, 0.5) is 0 Å². The van der Waals surface area contributed by atoms with Gasteiger partial charge in [0.15, 0.2) is 0 Å². The van der Waals surface area contributed by atoms with Crippen molar-refractivity contribution in [2.75, 3.05) is 187 Å². The smallest absolute Gasteiger partial charge is 0.388 e. The van der Waals surface area contributed by atoms with Crippen LogP contribution in [-0.2, 0) is 74.9 Å². The Morgan fingerprint density at radius 2 is 0.863 bits per heavy atom. The molecule has 0 aliphatic carbocycles. The first-order valence-corrected chi connectivity index (χ1v) is 19.9. The van der Waals surface area contributed by atoms with Crippen molar-refractivity contribution in [1.29, 1.82) is 0 Å². The van der Waals surface area contributed by atoms with Crippen molar-refractivity contribution >= 4 is 8.80 Å². The van der Waals surface area contributed by atoms with Gasteiger partial charge in [-0.2, -0.15) is 0 Å². The number of methoxy groups -OCH3 is 3. The van der Waals surface area contributed by atoms with Crippen molar-refractivity contribution < 1.29 is 80.0 Å². The first-order valence-electron chi connectivity index (χ1n) is 17.9. The van der Waals surface area contributed by atoms with Crippen molar-refractivity contribution in [3.8, 4) is 0 Å². The Labute approximate surface area is 305 Å². The third-order valence-electron chi connectivity index (χ3n) is 7.51. The molecule has 1 atom stereocenters. The molecule has 2 heterocycles. The predicted octanol–water partition coefficient (Wildman–Crippen LogP) is 0.214. The van der Waals surface area contributed by atoms with Crippen LogP contribution in [0.2, 0.25) is 6.04 Å². The van der Waals surface area contributed by atoms with E-state index >= 15 is 0 Å². The Balaban J connectivity index is 1.65. The molecule has 2 aliphatic heterocycles. The number of aliphatic hydroxyl groups excluding tert-OH is 1. The summed E-state index contributed by atoms with van der Waals surface area (Å²) >= 11 is 0. The van der Waals surface area contributed by atoms with Crippen molar-refractivity contribution in [2.45, 2.75) is 24.7 Å². The van der Waals surface area contributed by atoms with Gasteiger partial charge in [-0.3, -0.25) is 0 Å². The molecule has 0 saturated carbocycles. The highest BCUT2D eigenvalue weighted by molar-refractivity contribution is 6.61. The molecule has 0 spiro atoms. The van der Waals surface area contributed by atoms with E-state index in [2.05, 4.69) is 0 Å². The summed E-state index contributed by atoms with van der Waals surface area (Å²) < 4.78 is 89.8. The molecule has 0 amide bonds. The van der Waals surface area contributed by atoms with Crippen molar-refractivity contribution in [2.24, 2.45) is 5.41 Å². The first-order chi connectivity index (χ1) is 25.1. The third kappa shape index (κ3) is 23.8. The summed E-state index contributed by atoms with van der Waals surface area (Å²) in [5.41, 5.74) is -0.597. The number of ether oxygens (including phenoxy) is 13. The van der Waals surface area contributed by atoms with Gasteiger partial charge in [-0.15, -0.1) is 0 Å². The lowest BCUT2D eigenvalue weighted by Crippen LogP contribution is -2.43. The number of aliphatic hydroxyl groups is 1. The Morgan fingerprint density at radius 3 is 1.24 bits per heavy atom. The highest BCUT2D eigenvalue weighted by atomic mass is 28.4. The summed E-state index contributed by atoms with van der Waals surface area (Å²) in [5, 5.41) is 10.1. The van der Waals surface area contributed by atoms with Crippen LogP contribution >= 0.6 is 0 Å². The fourth-order valence-electron chi connectivity index (χ4n) is 4.83. The molecular weight excluding hydrogens is 696 g/mol. The topological polar surface area (TPSA) is 168 Å². The Morgan fingerprint density at radius 1 is 0.510 bits per heavy atom. The van der Waals surface area contributed by atoms with Gasteiger partial charge in [-0.1, -0.05) is 0 Å². The monoisotopic (exact) mass is 762 g/mol. The van der Waals surface area contributed by atoms with Gasteiger partial charge in [0.1, 0.15) is 6.10 Å². The van der Waals surface area contributed by atoms with Crippen molar-refractivity contribution in [1.82, 2.24) is 0 Å². The lowest BCUT2D eigenvalue weighted by molar-refractivity contribution is -0.122. The maximum Gasteiger partial charge on any atom is 0.501 e. The molecule has 1 unspecified atom stereocenters. The average Bonchev–Trinajstić information content (AvgIpc) is 3.74. The van der Waals surface area contributed by atoms with E-state index in [4.69, 9.17) is 74.9 Å². The van der Waals surface area contributed by atoms with Gasteiger partial charge in [-0.25, -0.2) is 0 Å². The quantitative estimate of drug-likeness (QED) is 0.0664. The van der Waals surface area contributed by atoms with Gasteiger partial charge in [-0.05, 0) is 6.42 Å². The van der Waals surface area contributed by atoms with E-state index in [0.29, 0.717) is 152 Å². The normalized spacial score (nSPS) is 19.4. The summed E-state index contributed by atoms with van der Waals surface area (Å²) in [5.74, 6) is 0. The Hall–Kier alpha value is -0.463. The van der Waals surface area contributed by atoms with E-state index in [9.17, 15) is 5.11 Å². The minimum absolute atomic E-state index is 0.0984. The predicted molar refractivity (Wildman–Crippen MR) is 184 cm³/mol. The second-order valence-electron chi connectivity index (χ2n) is 12.1.